The fraction of sp³-hybridized carbons (Fsp3) is 0.118. The zero-order chi connectivity index (χ0) is 14.7. The molecule has 0 atom stereocenters. The molecule has 1 aromatic heterocycles. The molecule has 3 aromatic rings. The van der Waals surface area contributed by atoms with Crippen molar-refractivity contribution in [3.63, 3.8) is 0 Å². The monoisotopic (exact) mass is 361 g/mol. The van der Waals surface area contributed by atoms with Gasteiger partial charge in [-0.15, -0.1) is 0 Å². The summed E-state index contributed by atoms with van der Waals surface area (Å²) in [6.07, 6.45) is 1.80. The minimum atomic E-state index is 0.505. The highest BCUT2D eigenvalue weighted by Crippen LogP contribution is 2.29. The molecule has 2 nitrogen and oxygen atoms in total. The molecule has 0 spiro atoms. The summed E-state index contributed by atoms with van der Waals surface area (Å²) >= 11 is 9.62. The number of ether oxygens (including phenoxy) is 1. The van der Waals surface area contributed by atoms with Gasteiger partial charge in [-0.2, -0.15) is 0 Å². The molecule has 2 aromatic carbocycles. The lowest BCUT2D eigenvalue weighted by Crippen LogP contribution is -1.98. The number of nitrogens with zero attached hydrogens (tertiary/aromatic N) is 1. The summed E-state index contributed by atoms with van der Waals surface area (Å²) in [5.41, 5.74) is 3.07. The van der Waals surface area contributed by atoms with Gasteiger partial charge in [-0.25, -0.2) is 0 Å². The van der Waals surface area contributed by atoms with Gasteiger partial charge in [-0.05, 0) is 35.9 Å². The molecule has 4 heteroatoms. The highest BCUT2D eigenvalue weighted by Gasteiger charge is 2.07. The number of halogens is 2. The fourth-order valence-corrected chi connectivity index (χ4v) is 3.15. The predicted molar refractivity (Wildman–Crippen MR) is 90.2 cm³/mol. The molecule has 21 heavy (non-hydrogen) atoms. The Hall–Kier alpha value is -1.58. The Balaban J connectivity index is 1.82. The summed E-state index contributed by atoms with van der Waals surface area (Å²) in [5, 5.41) is 2.50. The molecule has 3 rings (SSSR count). The Morgan fingerprint density at radius 1 is 1.10 bits per heavy atom. The van der Waals surface area contributed by atoms with E-state index in [-0.39, 0.29) is 0 Å². The van der Waals surface area contributed by atoms with Gasteiger partial charge in [-0.3, -0.25) is 4.98 Å². The molecule has 0 N–H and O–H groups in total. The lowest BCUT2D eigenvalue weighted by atomic mass is 10.1. The minimum absolute atomic E-state index is 0.505. The van der Waals surface area contributed by atoms with E-state index in [1.807, 2.05) is 36.4 Å². The lowest BCUT2D eigenvalue weighted by molar-refractivity contribution is 0.304. The predicted octanol–water partition coefficient (Wildman–Crippen LogP) is 5.36. The first-order chi connectivity index (χ1) is 10.3. The number of hydrogen-bond donors (Lipinski definition) is 0. The maximum atomic E-state index is 6.17. The van der Waals surface area contributed by atoms with Gasteiger partial charge >= 0.3 is 0 Å². The zero-order valence-corrected chi connectivity index (χ0v) is 13.6. The van der Waals surface area contributed by atoms with Crippen LogP contribution in [-0.2, 0) is 11.9 Å². The first-order valence-electron chi connectivity index (χ1n) is 6.58. The number of benzene rings is 2. The Labute approximate surface area is 136 Å². The van der Waals surface area contributed by atoms with Crippen molar-refractivity contribution in [2.75, 3.05) is 0 Å². The highest BCUT2D eigenvalue weighted by atomic mass is 79.9. The summed E-state index contributed by atoms with van der Waals surface area (Å²) in [5.74, 6) is 0.811. The van der Waals surface area contributed by atoms with E-state index >= 15 is 0 Å². The van der Waals surface area contributed by atoms with Crippen LogP contribution in [0.5, 0.6) is 5.75 Å². The normalized spacial score (nSPS) is 10.8. The Kier molecular flexibility index (Phi) is 4.42. The second kappa shape index (κ2) is 6.46. The van der Waals surface area contributed by atoms with E-state index < -0.39 is 0 Å². The van der Waals surface area contributed by atoms with Crippen LogP contribution in [0.25, 0.3) is 10.9 Å². The van der Waals surface area contributed by atoms with Gasteiger partial charge in [0.05, 0.1) is 5.52 Å². The molecule has 0 bridgehead atoms. The van der Waals surface area contributed by atoms with Crippen LogP contribution in [0.1, 0.15) is 11.1 Å². The standard InChI is InChI=1S/C17H13BrClNO/c18-10-14-15(19)4-1-5-17(14)21-11-12-6-7-16-13(9-12)3-2-8-20-16/h1-9H,10-11H2. The van der Waals surface area contributed by atoms with Crippen LogP contribution in [0.3, 0.4) is 0 Å². The van der Waals surface area contributed by atoms with Gasteiger partial charge in [-0.1, -0.05) is 45.7 Å². The van der Waals surface area contributed by atoms with Gasteiger partial charge in [0, 0.05) is 27.5 Å². The molecule has 0 saturated heterocycles. The van der Waals surface area contributed by atoms with Crippen LogP contribution in [0.2, 0.25) is 5.02 Å². The summed E-state index contributed by atoms with van der Waals surface area (Å²) in [7, 11) is 0. The van der Waals surface area contributed by atoms with Gasteiger partial charge < -0.3 is 4.74 Å². The Bertz CT molecular complexity index is 776. The van der Waals surface area contributed by atoms with E-state index in [0.29, 0.717) is 17.0 Å². The summed E-state index contributed by atoms with van der Waals surface area (Å²) in [6, 6.07) is 15.8. The van der Waals surface area contributed by atoms with Gasteiger partial charge in [0.15, 0.2) is 0 Å². The molecule has 0 unspecified atom stereocenters. The maximum Gasteiger partial charge on any atom is 0.125 e. The smallest absolute Gasteiger partial charge is 0.125 e. The lowest BCUT2D eigenvalue weighted by Gasteiger charge is -2.11. The van der Waals surface area contributed by atoms with Crippen LogP contribution >= 0.6 is 27.5 Å². The van der Waals surface area contributed by atoms with Crippen LogP contribution < -0.4 is 4.74 Å². The SMILES string of the molecule is Clc1cccc(OCc2ccc3ncccc3c2)c1CBr. The summed E-state index contributed by atoms with van der Waals surface area (Å²) in [4.78, 5) is 4.32. The number of fused-ring (bicyclic) bond motifs is 1. The van der Waals surface area contributed by atoms with Crippen molar-refractivity contribution in [3.8, 4) is 5.75 Å². The van der Waals surface area contributed by atoms with Crippen molar-refractivity contribution >= 4 is 38.4 Å². The van der Waals surface area contributed by atoms with Crippen molar-refractivity contribution in [1.82, 2.24) is 4.98 Å². The van der Waals surface area contributed by atoms with E-state index in [4.69, 9.17) is 16.3 Å². The van der Waals surface area contributed by atoms with Gasteiger partial charge in [0.2, 0.25) is 0 Å². The maximum absolute atomic E-state index is 6.17. The van der Waals surface area contributed by atoms with Crippen LogP contribution in [0.15, 0.2) is 54.7 Å². The number of rotatable bonds is 4. The fourth-order valence-electron chi connectivity index (χ4n) is 2.18. The summed E-state index contributed by atoms with van der Waals surface area (Å²) < 4.78 is 5.91. The third-order valence-electron chi connectivity index (χ3n) is 3.27. The number of aromatic nitrogens is 1. The van der Waals surface area contributed by atoms with E-state index in [9.17, 15) is 0 Å². The largest absolute Gasteiger partial charge is 0.489 e. The molecule has 0 fully saturated rings. The van der Waals surface area contributed by atoms with E-state index in [2.05, 4.69) is 33.0 Å². The number of alkyl halides is 1. The molecule has 0 aliphatic heterocycles. The van der Waals surface area contributed by atoms with Crippen molar-refractivity contribution in [3.05, 3.63) is 70.9 Å². The zero-order valence-electron chi connectivity index (χ0n) is 11.2. The van der Waals surface area contributed by atoms with Crippen molar-refractivity contribution in [1.29, 1.82) is 0 Å². The van der Waals surface area contributed by atoms with Crippen molar-refractivity contribution in [2.45, 2.75) is 11.9 Å². The molecule has 0 amide bonds. The third-order valence-corrected chi connectivity index (χ3v) is 4.19. The summed E-state index contributed by atoms with van der Waals surface area (Å²) in [6.45, 7) is 0.505. The van der Waals surface area contributed by atoms with Crippen LogP contribution in [0, 0.1) is 0 Å². The first-order valence-corrected chi connectivity index (χ1v) is 8.07. The molecule has 0 aliphatic carbocycles. The molecular weight excluding hydrogens is 350 g/mol. The average Bonchev–Trinajstić information content (AvgIpc) is 2.52. The number of pyridine rings is 1. The minimum Gasteiger partial charge on any atom is -0.489 e. The Morgan fingerprint density at radius 3 is 2.86 bits per heavy atom. The molecule has 106 valence electrons. The third kappa shape index (κ3) is 3.20. The number of hydrogen-bond acceptors (Lipinski definition) is 2. The van der Waals surface area contributed by atoms with Gasteiger partial charge in [0.1, 0.15) is 12.4 Å². The molecule has 0 radical (unpaired) electrons. The quantitative estimate of drug-likeness (QED) is 0.583. The van der Waals surface area contributed by atoms with Crippen LogP contribution in [0.4, 0.5) is 0 Å². The first kappa shape index (κ1) is 14.4. The molecule has 0 aliphatic rings. The second-order valence-electron chi connectivity index (χ2n) is 4.67. The van der Waals surface area contributed by atoms with E-state index in [0.717, 1.165) is 27.8 Å². The van der Waals surface area contributed by atoms with E-state index in [1.54, 1.807) is 6.20 Å². The topological polar surface area (TPSA) is 22.1 Å². The van der Waals surface area contributed by atoms with Gasteiger partial charge in [0.25, 0.3) is 0 Å². The highest BCUT2D eigenvalue weighted by molar-refractivity contribution is 9.08. The van der Waals surface area contributed by atoms with E-state index in [1.165, 1.54) is 0 Å². The average molecular weight is 363 g/mol. The molecule has 0 saturated carbocycles. The van der Waals surface area contributed by atoms with Crippen molar-refractivity contribution in [2.24, 2.45) is 0 Å². The van der Waals surface area contributed by atoms with Crippen LogP contribution in [-0.4, -0.2) is 4.98 Å². The molecule has 1 heterocycles. The Morgan fingerprint density at radius 2 is 2.00 bits per heavy atom. The second-order valence-corrected chi connectivity index (χ2v) is 5.64. The van der Waals surface area contributed by atoms with Crippen molar-refractivity contribution < 1.29 is 4.74 Å². The molecular formula is C17H13BrClNO.